The van der Waals surface area contributed by atoms with E-state index in [1.54, 1.807) is 0 Å². The normalized spacial score (nSPS) is 45.0. The molecule has 2 heterocycles. The summed E-state index contributed by atoms with van der Waals surface area (Å²) >= 11 is 0. The molecule has 3 aliphatic carbocycles. The molecule has 1 fully saturated rings. The van der Waals surface area contributed by atoms with Crippen LogP contribution in [0.2, 0.25) is 0 Å². The Morgan fingerprint density at radius 1 is 0.591 bits per heavy atom. The fraction of sp³-hybridized carbons (Fsp3) is 0.400. The van der Waals surface area contributed by atoms with Gasteiger partial charge in [0.2, 0.25) is 0 Å². The third-order valence-corrected chi connectivity index (χ3v) is 7.00. The van der Waals surface area contributed by atoms with Gasteiger partial charge in [0.15, 0.2) is 0 Å². The molecule has 5 aliphatic rings. The number of benzene rings is 2. The average molecular weight is 286 g/mol. The summed E-state index contributed by atoms with van der Waals surface area (Å²) in [5.74, 6) is 2.17. The van der Waals surface area contributed by atoms with Gasteiger partial charge in [0.05, 0.1) is 11.1 Å². The number of fused-ring (bicyclic) bond motifs is 2. The molecule has 0 radical (unpaired) electrons. The van der Waals surface area contributed by atoms with Crippen molar-refractivity contribution in [3.63, 3.8) is 0 Å². The molecule has 0 unspecified atom stereocenters. The van der Waals surface area contributed by atoms with Crippen LogP contribution >= 0.6 is 0 Å². The van der Waals surface area contributed by atoms with Gasteiger partial charge in [0.1, 0.15) is 0 Å². The third-order valence-electron chi connectivity index (χ3n) is 7.00. The Morgan fingerprint density at radius 3 is 1.14 bits per heavy atom. The molecule has 2 aromatic carbocycles. The second-order valence-electron chi connectivity index (χ2n) is 7.82. The fourth-order valence-electron chi connectivity index (χ4n) is 6.14. The summed E-state index contributed by atoms with van der Waals surface area (Å²) in [5.41, 5.74) is 5.95. The molecule has 0 amide bonds. The van der Waals surface area contributed by atoms with Crippen molar-refractivity contribution in [1.82, 2.24) is 0 Å². The molecular formula is C20H18N2. The zero-order chi connectivity index (χ0) is 14.7. The van der Waals surface area contributed by atoms with Crippen molar-refractivity contribution in [3.05, 3.63) is 70.8 Å². The third kappa shape index (κ3) is 0.930. The van der Waals surface area contributed by atoms with E-state index in [0.29, 0.717) is 23.7 Å². The summed E-state index contributed by atoms with van der Waals surface area (Å²) in [5, 5.41) is 9.78. The molecule has 0 spiro atoms. The summed E-state index contributed by atoms with van der Waals surface area (Å²) < 4.78 is 0. The van der Waals surface area contributed by atoms with Crippen LogP contribution in [0.15, 0.2) is 58.8 Å². The van der Waals surface area contributed by atoms with Crippen LogP contribution in [0.4, 0.5) is 0 Å². The average Bonchev–Trinajstić information content (AvgIpc) is 2.47. The van der Waals surface area contributed by atoms with Gasteiger partial charge in [0.25, 0.3) is 0 Å². The number of azo groups is 1. The molecule has 2 aliphatic heterocycles. The van der Waals surface area contributed by atoms with E-state index in [2.05, 4.69) is 62.4 Å². The number of hydrogen-bond donors (Lipinski definition) is 0. The minimum atomic E-state index is -0.0597. The van der Waals surface area contributed by atoms with E-state index in [4.69, 9.17) is 10.2 Å². The lowest BCUT2D eigenvalue weighted by Gasteiger charge is -2.70. The first-order valence-corrected chi connectivity index (χ1v) is 8.28. The molecule has 2 nitrogen and oxygen atoms in total. The fourth-order valence-corrected chi connectivity index (χ4v) is 6.14. The van der Waals surface area contributed by atoms with Gasteiger partial charge in [-0.25, -0.2) is 0 Å². The van der Waals surface area contributed by atoms with Crippen molar-refractivity contribution in [3.8, 4) is 0 Å². The Bertz CT molecular complexity index is 736. The predicted octanol–water partition coefficient (Wildman–Crippen LogP) is 4.75. The number of nitrogens with zero attached hydrogens (tertiary/aromatic N) is 2. The molecule has 2 bridgehead atoms. The maximum atomic E-state index is 4.89. The van der Waals surface area contributed by atoms with Crippen molar-refractivity contribution in [2.45, 2.75) is 48.6 Å². The number of rotatable bonds is 0. The van der Waals surface area contributed by atoms with E-state index >= 15 is 0 Å². The monoisotopic (exact) mass is 286 g/mol. The van der Waals surface area contributed by atoms with E-state index in [-0.39, 0.29) is 11.1 Å². The van der Waals surface area contributed by atoms with E-state index in [9.17, 15) is 0 Å². The highest BCUT2D eigenvalue weighted by molar-refractivity contribution is 5.62. The maximum absolute atomic E-state index is 4.89. The predicted molar refractivity (Wildman–Crippen MR) is 85.5 cm³/mol. The van der Waals surface area contributed by atoms with Gasteiger partial charge in [0, 0.05) is 23.7 Å². The summed E-state index contributed by atoms with van der Waals surface area (Å²) in [6.45, 7) is 4.69. The van der Waals surface area contributed by atoms with Gasteiger partial charge < -0.3 is 0 Å². The lowest BCUT2D eigenvalue weighted by molar-refractivity contribution is 0.0181. The minimum absolute atomic E-state index is 0.0597. The van der Waals surface area contributed by atoms with Crippen molar-refractivity contribution >= 4 is 0 Å². The first-order valence-electron chi connectivity index (χ1n) is 8.28. The first kappa shape index (κ1) is 11.6. The Hall–Kier alpha value is -1.96. The van der Waals surface area contributed by atoms with Crippen molar-refractivity contribution in [2.24, 2.45) is 10.2 Å². The van der Waals surface area contributed by atoms with Crippen LogP contribution in [0, 0.1) is 0 Å². The van der Waals surface area contributed by atoms with Crippen molar-refractivity contribution in [2.75, 3.05) is 0 Å². The van der Waals surface area contributed by atoms with Gasteiger partial charge in [-0.2, -0.15) is 10.2 Å². The van der Waals surface area contributed by atoms with E-state index in [0.717, 1.165) is 0 Å². The zero-order valence-corrected chi connectivity index (χ0v) is 12.8. The summed E-state index contributed by atoms with van der Waals surface area (Å²) in [7, 11) is 0. The van der Waals surface area contributed by atoms with Crippen LogP contribution in [-0.4, -0.2) is 11.1 Å². The largest absolute Gasteiger partial charge is 0.186 e. The van der Waals surface area contributed by atoms with Crippen molar-refractivity contribution < 1.29 is 0 Å². The molecule has 0 N–H and O–H groups in total. The Morgan fingerprint density at radius 2 is 0.864 bits per heavy atom. The molecule has 108 valence electrons. The second kappa shape index (κ2) is 3.19. The van der Waals surface area contributed by atoms with Crippen LogP contribution in [0.1, 0.15) is 59.8 Å². The molecule has 2 aromatic rings. The van der Waals surface area contributed by atoms with E-state index in [1.807, 2.05) is 0 Å². The molecule has 2 heteroatoms. The Kier molecular flexibility index (Phi) is 1.68. The summed E-state index contributed by atoms with van der Waals surface area (Å²) in [6, 6.07) is 17.9. The van der Waals surface area contributed by atoms with Crippen LogP contribution in [0.3, 0.4) is 0 Å². The van der Waals surface area contributed by atoms with Gasteiger partial charge in [-0.3, -0.25) is 0 Å². The Balaban J connectivity index is 1.65. The topological polar surface area (TPSA) is 24.7 Å². The summed E-state index contributed by atoms with van der Waals surface area (Å²) in [4.78, 5) is 0. The standard InChI is InChI=1S/C20H18N2/c1-19-15-11-7-3-5-9-13(11)17(15)20(2,22-21-19)18-14-10-6-4-8-12(14)16(18)19/h3-10,15-18H,1-2H3/t15-,16-,17+,18+,19?,20?. The zero-order valence-electron chi connectivity index (χ0n) is 12.8. The molecule has 7 rings (SSSR count). The van der Waals surface area contributed by atoms with Crippen LogP contribution in [0.25, 0.3) is 0 Å². The van der Waals surface area contributed by atoms with Gasteiger partial charge in [-0.15, -0.1) is 0 Å². The van der Waals surface area contributed by atoms with Gasteiger partial charge in [-0.1, -0.05) is 48.5 Å². The number of hydrogen-bond acceptors (Lipinski definition) is 2. The van der Waals surface area contributed by atoms with Crippen LogP contribution < -0.4 is 0 Å². The highest BCUT2D eigenvalue weighted by Crippen LogP contribution is 2.77. The minimum Gasteiger partial charge on any atom is -0.186 e. The highest BCUT2D eigenvalue weighted by Gasteiger charge is 2.73. The lowest BCUT2D eigenvalue weighted by Crippen LogP contribution is -2.67. The molecule has 1 saturated carbocycles. The van der Waals surface area contributed by atoms with Gasteiger partial charge >= 0.3 is 0 Å². The van der Waals surface area contributed by atoms with Crippen LogP contribution in [-0.2, 0) is 0 Å². The van der Waals surface area contributed by atoms with Gasteiger partial charge in [-0.05, 0) is 36.1 Å². The first-order chi connectivity index (χ1) is 10.7. The van der Waals surface area contributed by atoms with Crippen LogP contribution in [0.5, 0.6) is 0 Å². The molecule has 4 atom stereocenters. The second-order valence-corrected chi connectivity index (χ2v) is 7.82. The Labute approximate surface area is 130 Å². The highest BCUT2D eigenvalue weighted by atomic mass is 15.3. The SMILES string of the molecule is CC12N=NC(C)([C@H]3c4ccccc4[C@H]31)[C@H]1c3ccccc3[C@H]12. The van der Waals surface area contributed by atoms with Crippen molar-refractivity contribution in [1.29, 1.82) is 0 Å². The van der Waals surface area contributed by atoms with E-state index < -0.39 is 0 Å². The summed E-state index contributed by atoms with van der Waals surface area (Å²) in [6.07, 6.45) is 0. The maximum Gasteiger partial charge on any atom is 0.0938 e. The van der Waals surface area contributed by atoms with E-state index in [1.165, 1.54) is 22.3 Å². The smallest absolute Gasteiger partial charge is 0.0938 e. The quantitative estimate of drug-likeness (QED) is 0.668. The molecule has 0 aromatic heterocycles. The molecule has 0 saturated heterocycles. The lowest BCUT2D eigenvalue weighted by atomic mass is 9.37. The molecule has 22 heavy (non-hydrogen) atoms. The molecular weight excluding hydrogens is 268 g/mol.